The minimum absolute atomic E-state index is 0.0870. The van der Waals surface area contributed by atoms with Crippen molar-refractivity contribution < 1.29 is 23.9 Å². The Kier molecular flexibility index (Phi) is 7.77. The lowest BCUT2D eigenvalue weighted by molar-refractivity contribution is -0.151. The highest BCUT2D eigenvalue weighted by Crippen LogP contribution is 2.29. The molecule has 1 aromatic rings. The maximum Gasteiger partial charge on any atom is 0.339 e. The molecule has 0 radical (unpaired) electrons. The monoisotopic (exact) mass is 367 g/mol. The molecule has 1 rings (SSSR count). The van der Waals surface area contributed by atoms with Crippen molar-refractivity contribution >= 4 is 41.2 Å². The summed E-state index contributed by atoms with van der Waals surface area (Å²) in [6.45, 7) is 8.10. The fourth-order valence-corrected chi connectivity index (χ4v) is 2.10. The van der Waals surface area contributed by atoms with Crippen LogP contribution < -0.4 is 0 Å². The van der Waals surface area contributed by atoms with Crippen molar-refractivity contribution in [2.75, 3.05) is 0 Å². The number of ether oxygens (including phenoxy) is 2. The van der Waals surface area contributed by atoms with Gasteiger partial charge in [-0.15, -0.1) is 0 Å². The van der Waals surface area contributed by atoms with Gasteiger partial charge in [0.1, 0.15) is 5.78 Å². The lowest BCUT2D eigenvalue weighted by Crippen LogP contribution is -2.27. The summed E-state index contributed by atoms with van der Waals surface area (Å²) in [6, 6.07) is 4.67. The first-order chi connectivity index (χ1) is 11.6. The molecule has 0 spiro atoms. The molecule has 0 N–H and O–H groups in total. The number of carbonyl (C=O) groups excluding carboxylic acids is 3. The van der Waals surface area contributed by atoms with Gasteiger partial charge in [0, 0.05) is 6.21 Å². The molecule has 0 aromatic heterocycles. The molecule has 0 saturated carbocycles. The molecule has 0 fully saturated rings. The summed E-state index contributed by atoms with van der Waals surface area (Å²) in [4.78, 5) is 39.7. The summed E-state index contributed by atoms with van der Waals surface area (Å²) in [7, 11) is 0. The Morgan fingerprint density at radius 2 is 1.68 bits per heavy atom. The molecule has 136 valence electrons. The number of nitrogens with zero attached hydrogens (tertiary/aromatic N) is 1. The number of benzene rings is 1. The maximum absolute atomic E-state index is 12.0. The number of hydrogen-bond acceptors (Lipinski definition) is 6. The molecule has 0 bridgehead atoms. The van der Waals surface area contributed by atoms with E-state index in [1.807, 2.05) is 0 Å². The Hall–Kier alpha value is -2.21. The molecule has 0 aliphatic rings. The van der Waals surface area contributed by atoms with Crippen LogP contribution in [0.3, 0.4) is 0 Å². The highest BCUT2D eigenvalue weighted by Gasteiger charge is 2.24. The Balaban J connectivity index is 3.08. The van der Waals surface area contributed by atoms with E-state index < -0.39 is 23.6 Å². The zero-order chi connectivity index (χ0) is 19.1. The number of hydrogen-bond donors (Lipinski definition) is 0. The van der Waals surface area contributed by atoms with E-state index >= 15 is 0 Å². The number of aliphatic imine (C=N–C) groups is 1. The second-order valence-corrected chi connectivity index (χ2v) is 6.32. The van der Waals surface area contributed by atoms with Crippen LogP contribution in [0.15, 0.2) is 23.2 Å². The Morgan fingerprint density at radius 1 is 1.08 bits per heavy atom. The molecule has 0 amide bonds. The van der Waals surface area contributed by atoms with Gasteiger partial charge in [0.15, 0.2) is 5.92 Å². The fraction of sp³-hybridized carbons (Fsp3) is 0.444. The van der Waals surface area contributed by atoms with E-state index in [1.54, 1.807) is 39.8 Å². The molecule has 6 nitrogen and oxygen atoms in total. The molecule has 1 aromatic carbocycles. The van der Waals surface area contributed by atoms with Gasteiger partial charge in [-0.1, -0.05) is 17.7 Å². The van der Waals surface area contributed by atoms with Crippen LogP contribution in [0.25, 0.3) is 0 Å². The topological polar surface area (TPSA) is 82.0 Å². The number of carbonyl (C=O) groups is 3. The standard InChI is InChI=1S/C18H22ClNO5/c1-10(2)24-17(22)13-7-6-8-15(16(13)19)20-9-14(12(5)21)18(23)25-11(3)4/h6-11,14H,1-5H3. The number of Topliss-reactive ketones (excluding diaryl/α,β-unsaturated/α-hetero) is 1. The summed E-state index contributed by atoms with van der Waals surface area (Å²) < 4.78 is 10.2. The molecular weight excluding hydrogens is 346 g/mol. The molecule has 0 aliphatic carbocycles. The predicted octanol–water partition coefficient (Wildman–Crippen LogP) is 3.76. The van der Waals surface area contributed by atoms with Crippen LogP contribution in [0.4, 0.5) is 5.69 Å². The van der Waals surface area contributed by atoms with Crippen molar-refractivity contribution in [2.24, 2.45) is 10.9 Å². The fourth-order valence-electron chi connectivity index (χ4n) is 1.85. The number of halogens is 1. The third kappa shape index (κ3) is 6.31. The molecule has 1 atom stereocenters. The number of rotatable bonds is 7. The number of esters is 2. The largest absolute Gasteiger partial charge is 0.462 e. The van der Waals surface area contributed by atoms with Crippen molar-refractivity contribution in [3.8, 4) is 0 Å². The summed E-state index contributed by atoms with van der Waals surface area (Å²) >= 11 is 6.20. The van der Waals surface area contributed by atoms with Gasteiger partial charge in [0.25, 0.3) is 0 Å². The summed E-state index contributed by atoms with van der Waals surface area (Å²) in [5, 5.41) is 0.0870. The Morgan fingerprint density at radius 3 is 2.20 bits per heavy atom. The van der Waals surface area contributed by atoms with Gasteiger partial charge in [-0.3, -0.25) is 14.6 Å². The molecule has 1 unspecified atom stereocenters. The Bertz CT molecular complexity index is 682. The van der Waals surface area contributed by atoms with Crippen molar-refractivity contribution in [3.05, 3.63) is 28.8 Å². The van der Waals surface area contributed by atoms with Gasteiger partial charge in [-0.2, -0.15) is 0 Å². The average molecular weight is 368 g/mol. The van der Waals surface area contributed by atoms with E-state index in [0.29, 0.717) is 0 Å². The highest BCUT2D eigenvalue weighted by atomic mass is 35.5. The van der Waals surface area contributed by atoms with E-state index in [1.165, 1.54) is 19.2 Å². The van der Waals surface area contributed by atoms with E-state index in [0.717, 1.165) is 0 Å². The van der Waals surface area contributed by atoms with Crippen LogP contribution in [0.5, 0.6) is 0 Å². The van der Waals surface area contributed by atoms with Gasteiger partial charge in [-0.25, -0.2) is 4.79 Å². The molecular formula is C18H22ClNO5. The summed E-state index contributed by atoms with van der Waals surface area (Å²) in [5.74, 6) is -2.79. The van der Waals surface area contributed by atoms with Crippen LogP contribution in [0.1, 0.15) is 45.0 Å². The van der Waals surface area contributed by atoms with Gasteiger partial charge in [0.05, 0.1) is 28.5 Å². The van der Waals surface area contributed by atoms with Gasteiger partial charge in [0.2, 0.25) is 0 Å². The van der Waals surface area contributed by atoms with Gasteiger partial charge < -0.3 is 9.47 Å². The molecule has 25 heavy (non-hydrogen) atoms. The van der Waals surface area contributed by atoms with E-state index in [4.69, 9.17) is 21.1 Å². The van der Waals surface area contributed by atoms with Gasteiger partial charge >= 0.3 is 11.9 Å². The second kappa shape index (κ2) is 9.32. The second-order valence-electron chi connectivity index (χ2n) is 5.94. The molecule has 7 heteroatoms. The molecule has 0 heterocycles. The quantitative estimate of drug-likeness (QED) is 0.416. The Labute approximate surface area is 152 Å². The van der Waals surface area contributed by atoms with Gasteiger partial charge in [-0.05, 0) is 46.8 Å². The summed E-state index contributed by atoms with van der Waals surface area (Å²) in [5.41, 5.74) is 0.414. The van der Waals surface area contributed by atoms with E-state index in [-0.39, 0.29) is 28.5 Å². The van der Waals surface area contributed by atoms with Crippen molar-refractivity contribution in [3.63, 3.8) is 0 Å². The number of ketones is 1. The van der Waals surface area contributed by atoms with Crippen molar-refractivity contribution in [2.45, 2.75) is 46.8 Å². The minimum atomic E-state index is -1.13. The third-order valence-corrected chi connectivity index (χ3v) is 3.34. The van der Waals surface area contributed by atoms with E-state index in [9.17, 15) is 14.4 Å². The van der Waals surface area contributed by atoms with Crippen LogP contribution in [0, 0.1) is 5.92 Å². The third-order valence-electron chi connectivity index (χ3n) is 2.95. The van der Waals surface area contributed by atoms with E-state index in [2.05, 4.69) is 4.99 Å². The SMILES string of the molecule is CC(=O)C(C=Nc1cccc(C(=O)OC(C)C)c1Cl)C(=O)OC(C)C. The molecule has 0 aliphatic heterocycles. The first-order valence-electron chi connectivity index (χ1n) is 7.88. The molecule has 0 saturated heterocycles. The zero-order valence-electron chi connectivity index (χ0n) is 14.9. The average Bonchev–Trinajstić information content (AvgIpc) is 2.47. The smallest absolute Gasteiger partial charge is 0.339 e. The first-order valence-corrected chi connectivity index (χ1v) is 8.25. The lowest BCUT2D eigenvalue weighted by atomic mass is 10.1. The van der Waals surface area contributed by atoms with Crippen molar-refractivity contribution in [1.82, 2.24) is 0 Å². The van der Waals surface area contributed by atoms with Crippen LogP contribution in [0.2, 0.25) is 5.02 Å². The van der Waals surface area contributed by atoms with Crippen LogP contribution in [-0.2, 0) is 19.1 Å². The zero-order valence-corrected chi connectivity index (χ0v) is 15.7. The normalized spacial score (nSPS) is 12.5. The first kappa shape index (κ1) is 20.8. The maximum atomic E-state index is 12.0. The van der Waals surface area contributed by atoms with Crippen LogP contribution in [-0.4, -0.2) is 36.1 Å². The predicted molar refractivity (Wildman–Crippen MR) is 95.6 cm³/mol. The lowest BCUT2D eigenvalue weighted by Gasteiger charge is -2.12. The summed E-state index contributed by atoms with van der Waals surface area (Å²) in [6.07, 6.45) is 0.537. The highest BCUT2D eigenvalue weighted by molar-refractivity contribution is 6.36. The minimum Gasteiger partial charge on any atom is -0.462 e. The van der Waals surface area contributed by atoms with Crippen LogP contribution >= 0.6 is 11.6 Å². The van der Waals surface area contributed by atoms with Crippen molar-refractivity contribution in [1.29, 1.82) is 0 Å².